The van der Waals surface area contributed by atoms with Crippen LogP contribution in [-0.2, 0) is 6.54 Å². The summed E-state index contributed by atoms with van der Waals surface area (Å²) in [5, 5.41) is 12.1. The van der Waals surface area contributed by atoms with E-state index in [-0.39, 0.29) is 6.54 Å². The van der Waals surface area contributed by atoms with Gasteiger partial charge in [-0.1, -0.05) is 11.6 Å². The first-order valence-electron chi connectivity index (χ1n) is 5.83. The molecule has 0 aromatic heterocycles. The second-order valence-corrected chi connectivity index (χ2v) is 4.54. The molecule has 19 heavy (non-hydrogen) atoms. The molecular weight excluding hydrogens is 280 g/mol. The molecule has 0 amide bonds. The molecule has 0 spiro atoms. The van der Waals surface area contributed by atoms with Crippen molar-refractivity contribution in [1.82, 2.24) is 5.32 Å². The number of aliphatic hydroxyl groups is 1. The predicted octanol–water partition coefficient (Wildman–Crippen LogP) is 1.83. The van der Waals surface area contributed by atoms with Crippen LogP contribution in [-0.4, -0.2) is 37.4 Å². The maximum Gasteiger partial charge on any atom is 0.265 e. The van der Waals surface area contributed by atoms with Crippen molar-refractivity contribution in [3.63, 3.8) is 0 Å². The number of hydrogen-bond acceptors (Lipinski definition) is 4. The molecule has 106 valence electrons. The van der Waals surface area contributed by atoms with E-state index in [0.717, 1.165) is 5.56 Å². The molecule has 0 aliphatic carbocycles. The van der Waals surface area contributed by atoms with Gasteiger partial charge in [0, 0.05) is 13.1 Å². The fraction of sp³-hybridized carbons (Fsp3) is 0.500. The van der Waals surface area contributed by atoms with Crippen molar-refractivity contribution in [3.8, 4) is 11.5 Å². The molecule has 1 aromatic carbocycles. The third-order valence-corrected chi connectivity index (χ3v) is 2.91. The Morgan fingerprint density at radius 2 is 2.05 bits per heavy atom. The molecule has 0 saturated carbocycles. The lowest BCUT2D eigenvalue weighted by Crippen LogP contribution is -2.31. The maximum absolute atomic E-state index is 12.1. The normalized spacial score (nSPS) is 15.6. The zero-order chi connectivity index (χ0) is 13.8. The average Bonchev–Trinajstić information content (AvgIpc) is 2.38. The topological polar surface area (TPSA) is 50.7 Å². The Hall–Kier alpha value is -1.11. The molecular formula is C12H14ClF2NO3. The third-order valence-electron chi connectivity index (χ3n) is 2.63. The highest BCUT2D eigenvalue weighted by molar-refractivity contribution is 6.32. The summed E-state index contributed by atoms with van der Waals surface area (Å²) in [6.07, 6.45) is -4.43. The monoisotopic (exact) mass is 293 g/mol. The van der Waals surface area contributed by atoms with E-state index in [4.69, 9.17) is 26.2 Å². The summed E-state index contributed by atoms with van der Waals surface area (Å²) in [6, 6.07) is 3.42. The van der Waals surface area contributed by atoms with E-state index in [1.54, 1.807) is 12.1 Å². The van der Waals surface area contributed by atoms with Crippen molar-refractivity contribution in [2.24, 2.45) is 0 Å². The van der Waals surface area contributed by atoms with Gasteiger partial charge in [-0.25, -0.2) is 8.78 Å². The van der Waals surface area contributed by atoms with E-state index in [9.17, 15) is 8.78 Å². The number of ether oxygens (including phenoxy) is 2. The van der Waals surface area contributed by atoms with Crippen LogP contribution < -0.4 is 14.8 Å². The first kappa shape index (κ1) is 14.3. The van der Waals surface area contributed by atoms with E-state index in [2.05, 4.69) is 5.32 Å². The first-order valence-corrected chi connectivity index (χ1v) is 6.20. The van der Waals surface area contributed by atoms with Gasteiger partial charge >= 0.3 is 0 Å². The molecule has 0 radical (unpaired) electrons. The fourth-order valence-electron chi connectivity index (χ4n) is 1.72. The van der Waals surface area contributed by atoms with Gasteiger partial charge in [0.1, 0.15) is 19.3 Å². The lowest BCUT2D eigenvalue weighted by atomic mass is 10.2. The minimum Gasteiger partial charge on any atom is -0.486 e. The van der Waals surface area contributed by atoms with Crippen LogP contribution in [0, 0.1) is 0 Å². The average molecular weight is 294 g/mol. The maximum atomic E-state index is 12.1. The Balaban J connectivity index is 1.96. The van der Waals surface area contributed by atoms with Crippen molar-refractivity contribution >= 4 is 11.6 Å². The van der Waals surface area contributed by atoms with E-state index < -0.39 is 12.5 Å². The summed E-state index contributed by atoms with van der Waals surface area (Å²) in [6.45, 7) is 1.01. The van der Waals surface area contributed by atoms with E-state index in [1.165, 1.54) is 0 Å². The van der Waals surface area contributed by atoms with Gasteiger partial charge in [0.05, 0.1) is 5.02 Å². The van der Waals surface area contributed by atoms with Crippen molar-refractivity contribution in [2.45, 2.75) is 19.1 Å². The summed E-state index contributed by atoms with van der Waals surface area (Å²) < 4.78 is 35.0. The second-order valence-electron chi connectivity index (χ2n) is 4.13. The van der Waals surface area contributed by atoms with Gasteiger partial charge in [-0.15, -0.1) is 0 Å². The number of benzene rings is 1. The van der Waals surface area contributed by atoms with Crippen LogP contribution in [0.2, 0.25) is 5.02 Å². The summed E-state index contributed by atoms with van der Waals surface area (Å²) in [4.78, 5) is 0. The summed E-state index contributed by atoms with van der Waals surface area (Å²) >= 11 is 6.04. The highest BCUT2D eigenvalue weighted by atomic mass is 35.5. The Morgan fingerprint density at radius 3 is 2.79 bits per heavy atom. The fourth-order valence-corrected chi connectivity index (χ4v) is 2.01. The highest BCUT2D eigenvalue weighted by Crippen LogP contribution is 2.38. The Kier molecular flexibility index (Phi) is 4.79. The predicted molar refractivity (Wildman–Crippen MR) is 66.2 cm³/mol. The Morgan fingerprint density at radius 1 is 1.32 bits per heavy atom. The number of hydrogen-bond donors (Lipinski definition) is 2. The van der Waals surface area contributed by atoms with Crippen molar-refractivity contribution < 1.29 is 23.4 Å². The van der Waals surface area contributed by atoms with Crippen LogP contribution in [0.4, 0.5) is 8.78 Å². The third kappa shape index (κ3) is 3.68. The van der Waals surface area contributed by atoms with Crippen LogP contribution in [0.25, 0.3) is 0 Å². The van der Waals surface area contributed by atoms with Gasteiger partial charge < -0.3 is 19.9 Å². The number of fused-ring (bicyclic) bond motifs is 1. The standard InChI is InChI=1S/C12H14ClF2NO3/c13-8-3-7(5-16-6-9(17)12(14)15)4-10-11(8)19-2-1-18-10/h3-4,9,12,16-17H,1-2,5-6H2. The van der Waals surface area contributed by atoms with Gasteiger partial charge in [0.15, 0.2) is 11.5 Å². The molecule has 1 heterocycles. The SMILES string of the molecule is OC(CNCc1cc(Cl)c2c(c1)OCCO2)C(F)F. The van der Waals surface area contributed by atoms with Crippen LogP contribution in [0.1, 0.15) is 5.56 Å². The van der Waals surface area contributed by atoms with Gasteiger partial charge in [-0.2, -0.15) is 0 Å². The van der Waals surface area contributed by atoms with Crippen LogP contribution in [0.15, 0.2) is 12.1 Å². The molecule has 1 unspecified atom stereocenters. The van der Waals surface area contributed by atoms with E-state index in [0.29, 0.717) is 36.3 Å². The van der Waals surface area contributed by atoms with Crippen molar-refractivity contribution in [3.05, 3.63) is 22.7 Å². The van der Waals surface area contributed by atoms with Gasteiger partial charge in [-0.3, -0.25) is 0 Å². The van der Waals surface area contributed by atoms with E-state index in [1.807, 2.05) is 0 Å². The number of alkyl halides is 2. The van der Waals surface area contributed by atoms with Crippen LogP contribution in [0.3, 0.4) is 0 Å². The Bertz CT molecular complexity index is 445. The number of halogens is 3. The highest BCUT2D eigenvalue weighted by Gasteiger charge is 2.18. The molecule has 1 aliphatic rings. The number of rotatable bonds is 5. The molecule has 1 aliphatic heterocycles. The number of nitrogens with one attached hydrogen (secondary N) is 1. The number of aliphatic hydroxyl groups excluding tert-OH is 1. The van der Waals surface area contributed by atoms with E-state index >= 15 is 0 Å². The van der Waals surface area contributed by atoms with Crippen LogP contribution in [0.5, 0.6) is 11.5 Å². The quantitative estimate of drug-likeness (QED) is 0.870. The molecule has 2 rings (SSSR count). The molecule has 4 nitrogen and oxygen atoms in total. The minimum atomic E-state index is -2.75. The van der Waals surface area contributed by atoms with Crippen LogP contribution >= 0.6 is 11.6 Å². The van der Waals surface area contributed by atoms with Crippen molar-refractivity contribution in [2.75, 3.05) is 19.8 Å². The molecule has 2 N–H and O–H groups in total. The second kappa shape index (κ2) is 6.36. The lowest BCUT2D eigenvalue weighted by Gasteiger charge is -2.20. The molecule has 0 bridgehead atoms. The zero-order valence-electron chi connectivity index (χ0n) is 10.0. The van der Waals surface area contributed by atoms with Gasteiger partial charge in [-0.05, 0) is 17.7 Å². The smallest absolute Gasteiger partial charge is 0.265 e. The van der Waals surface area contributed by atoms with Crippen molar-refractivity contribution in [1.29, 1.82) is 0 Å². The molecule has 0 saturated heterocycles. The summed E-state index contributed by atoms with van der Waals surface area (Å²) in [5.74, 6) is 1.05. The minimum absolute atomic E-state index is 0.191. The summed E-state index contributed by atoms with van der Waals surface area (Å²) in [7, 11) is 0. The molecule has 1 aromatic rings. The summed E-state index contributed by atoms with van der Waals surface area (Å²) in [5.41, 5.74) is 0.774. The van der Waals surface area contributed by atoms with Gasteiger partial charge in [0.2, 0.25) is 0 Å². The largest absolute Gasteiger partial charge is 0.486 e. The molecule has 0 fully saturated rings. The first-order chi connectivity index (χ1) is 9.08. The zero-order valence-corrected chi connectivity index (χ0v) is 10.8. The molecule has 1 atom stereocenters. The van der Waals surface area contributed by atoms with Gasteiger partial charge in [0.25, 0.3) is 6.43 Å². The molecule has 7 heteroatoms. The lowest BCUT2D eigenvalue weighted by molar-refractivity contribution is -0.00341. The Labute approximate surface area is 114 Å².